The number of hydrogen-bond donors (Lipinski definition) is 1. The molecule has 5 rings (SSSR count). The van der Waals surface area contributed by atoms with Crippen LogP contribution < -0.4 is 5.32 Å². The highest BCUT2D eigenvalue weighted by Gasteiger charge is 2.36. The Labute approximate surface area is 225 Å². The van der Waals surface area contributed by atoms with Crippen LogP contribution >= 0.6 is 27.7 Å². The number of carbonyl (C=O) groups excluding carboxylic acids is 3. The summed E-state index contributed by atoms with van der Waals surface area (Å²) < 4.78 is 16.6. The van der Waals surface area contributed by atoms with E-state index < -0.39 is 29.4 Å². The summed E-state index contributed by atoms with van der Waals surface area (Å²) >= 11 is 4.27. The van der Waals surface area contributed by atoms with Crippen molar-refractivity contribution in [3.63, 3.8) is 0 Å². The molecule has 186 valence electrons. The quantitative estimate of drug-likeness (QED) is 0.263. The average molecular weight is 578 g/mol. The number of amides is 3. The van der Waals surface area contributed by atoms with E-state index in [1.165, 1.54) is 24.3 Å². The van der Waals surface area contributed by atoms with Crippen molar-refractivity contribution in [1.82, 2.24) is 9.47 Å². The summed E-state index contributed by atoms with van der Waals surface area (Å²) in [6, 6.07) is 21.4. The van der Waals surface area contributed by atoms with E-state index >= 15 is 0 Å². The summed E-state index contributed by atoms with van der Waals surface area (Å²) in [7, 11) is 0. The minimum Gasteiger partial charge on any atom is -0.340 e. The van der Waals surface area contributed by atoms with Gasteiger partial charge in [0, 0.05) is 38.9 Å². The van der Waals surface area contributed by atoms with Crippen LogP contribution in [0.5, 0.6) is 0 Å². The molecular weight excluding hydrogens is 557 g/mol. The van der Waals surface area contributed by atoms with Crippen LogP contribution in [-0.2, 0) is 16.1 Å². The molecule has 0 saturated carbocycles. The van der Waals surface area contributed by atoms with E-state index in [2.05, 4.69) is 37.9 Å². The van der Waals surface area contributed by atoms with Crippen molar-refractivity contribution in [3.05, 3.63) is 105 Å². The Hall–Kier alpha value is -3.69. The summed E-state index contributed by atoms with van der Waals surface area (Å²) in [5, 5.41) is 2.96. The second-order valence-electron chi connectivity index (χ2n) is 8.56. The van der Waals surface area contributed by atoms with E-state index in [9.17, 15) is 18.8 Å². The third-order valence-corrected chi connectivity index (χ3v) is 7.53. The lowest BCUT2D eigenvalue weighted by atomic mass is 10.1. The number of imide groups is 1. The highest BCUT2D eigenvalue weighted by molar-refractivity contribution is 9.10. The van der Waals surface area contributed by atoms with Gasteiger partial charge >= 0.3 is 0 Å². The van der Waals surface area contributed by atoms with E-state index in [-0.39, 0.29) is 10.6 Å². The maximum atomic E-state index is 13.4. The second-order valence-corrected chi connectivity index (χ2v) is 10.5. The fourth-order valence-electron chi connectivity index (χ4n) is 4.29. The highest BCUT2D eigenvalue weighted by atomic mass is 79.9. The normalized spacial score (nSPS) is 14.7. The molecule has 4 aromatic rings. The number of hydrogen-bond acceptors (Lipinski definition) is 4. The number of rotatable bonds is 6. The molecule has 0 spiro atoms. The molecule has 0 atom stereocenters. The lowest BCUT2D eigenvalue weighted by Crippen LogP contribution is -2.36. The minimum atomic E-state index is -0.587. The van der Waals surface area contributed by atoms with E-state index in [1.54, 1.807) is 6.08 Å². The molecule has 3 amide bonds. The molecule has 3 aromatic carbocycles. The van der Waals surface area contributed by atoms with Crippen LogP contribution in [0.1, 0.15) is 16.8 Å². The van der Waals surface area contributed by atoms with Crippen molar-refractivity contribution in [1.29, 1.82) is 0 Å². The predicted molar refractivity (Wildman–Crippen MR) is 148 cm³/mol. The molecule has 1 aliphatic heterocycles. The molecule has 6 nitrogen and oxygen atoms in total. The molecule has 9 heteroatoms. The lowest BCUT2D eigenvalue weighted by molar-refractivity contribution is -0.127. The van der Waals surface area contributed by atoms with Gasteiger partial charge < -0.3 is 9.88 Å². The number of anilines is 1. The first-order valence-electron chi connectivity index (χ1n) is 11.4. The van der Waals surface area contributed by atoms with Crippen LogP contribution in [0.3, 0.4) is 0 Å². The van der Waals surface area contributed by atoms with Gasteiger partial charge in [-0.2, -0.15) is 0 Å². The first-order valence-corrected chi connectivity index (χ1v) is 13.0. The van der Waals surface area contributed by atoms with Crippen molar-refractivity contribution in [3.8, 4) is 0 Å². The van der Waals surface area contributed by atoms with Gasteiger partial charge in [-0.3, -0.25) is 19.3 Å². The van der Waals surface area contributed by atoms with Gasteiger partial charge in [0.05, 0.1) is 4.91 Å². The number of nitrogens with zero attached hydrogens (tertiary/aromatic N) is 2. The Morgan fingerprint density at radius 1 is 1.05 bits per heavy atom. The zero-order valence-corrected chi connectivity index (χ0v) is 22.1. The van der Waals surface area contributed by atoms with Gasteiger partial charge in [-0.1, -0.05) is 52.3 Å². The van der Waals surface area contributed by atoms with Gasteiger partial charge in [0.1, 0.15) is 12.4 Å². The maximum Gasteiger partial charge on any atom is 0.294 e. The standard InChI is InChI=1S/C28H21BrFN3O3S/c1-17-23(22-7-2-3-8-24(22)32(17)15-18-9-11-19(29)12-10-18)14-25-27(35)33(28(36)37-25)16-26(34)31-21-6-4-5-20(30)13-21/h2-14H,15-16H2,1H3,(H,31,34)/b25-14+. The van der Waals surface area contributed by atoms with Gasteiger partial charge in [0.2, 0.25) is 5.91 Å². The molecule has 37 heavy (non-hydrogen) atoms. The van der Waals surface area contributed by atoms with E-state index in [1.807, 2.05) is 43.3 Å². The predicted octanol–water partition coefficient (Wildman–Crippen LogP) is 6.57. The molecule has 0 aliphatic carbocycles. The summed E-state index contributed by atoms with van der Waals surface area (Å²) in [6.07, 6.45) is 1.73. The number of aromatic nitrogens is 1. The smallest absolute Gasteiger partial charge is 0.294 e. The molecule has 0 radical (unpaired) electrons. The third kappa shape index (κ3) is 5.23. The number of benzene rings is 3. The number of para-hydroxylation sites is 1. The van der Waals surface area contributed by atoms with Crippen LogP contribution in [0.4, 0.5) is 14.9 Å². The molecule has 1 aliphatic rings. The minimum absolute atomic E-state index is 0.248. The van der Waals surface area contributed by atoms with Gasteiger partial charge in [-0.25, -0.2) is 4.39 Å². The largest absolute Gasteiger partial charge is 0.340 e. The Morgan fingerprint density at radius 2 is 1.81 bits per heavy atom. The molecule has 0 bridgehead atoms. The monoisotopic (exact) mass is 577 g/mol. The van der Waals surface area contributed by atoms with Crippen LogP contribution in [0, 0.1) is 12.7 Å². The van der Waals surface area contributed by atoms with Gasteiger partial charge in [0.25, 0.3) is 11.1 Å². The average Bonchev–Trinajstić information content (AvgIpc) is 3.28. The fraction of sp³-hybridized carbons (Fsp3) is 0.107. The van der Waals surface area contributed by atoms with E-state index in [0.29, 0.717) is 6.54 Å². The van der Waals surface area contributed by atoms with Crippen molar-refractivity contribution < 1.29 is 18.8 Å². The summed E-state index contributed by atoms with van der Waals surface area (Å²) in [5.41, 5.74) is 4.20. The van der Waals surface area contributed by atoms with E-state index in [4.69, 9.17) is 0 Å². The number of carbonyl (C=O) groups is 3. The maximum absolute atomic E-state index is 13.4. The summed E-state index contributed by atoms with van der Waals surface area (Å²) in [4.78, 5) is 39.3. The number of fused-ring (bicyclic) bond motifs is 1. The van der Waals surface area contributed by atoms with Crippen molar-refractivity contribution >= 4 is 67.4 Å². The molecular formula is C28H21BrFN3O3S. The summed E-state index contributed by atoms with van der Waals surface area (Å²) in [6.45, 7) is 2.18. The van der Waals surface area contributed by atoms with Crippen LogP contribution in [-0.4, -0.2) is 33.1 Å². The van der Waals surface area contributed by atoms with Gasteiger partial charge in [0.15, 0.2) is 0 Å². The first kappa shape index (κ1) is 25.0. The van der Waals surface area contributed by atoms with Crippen molar-refractivity contribution in [2.45, 2.75) is 13.5 Å². The van der Waals surface area contributed by atoms with Crippen LogP contribution in [0.25, 0.3) is 17.0 Å². The number of thioether (sulfide) groups is 1. The number of nitrogens with one attached hydrogen (secondary N) is 1. The Kier molecular flexibility index (Phi) is 6.99. The van der Waals surface area contributed by atoms with Crippen molar-refractivity contribution in [2.24, 2.45) is 0 Å². The lowest BCUT2D eigenvalue weighted by Gasteiger charge is -2.12. The third-order valence-electron chi connectivity index (χ3n) is 6.09. The molecule has 2 heterocycles. The molecule has 1 fully saturated rings. The number of halogens is 2. The van der Waals surface area contributed by atoms with Crippen molar-refractivity contribution in [2.75, 3.05) is 11.9 Å². The van der Waals surface area contributed by atoms with Gasteiger partial charge in [-0.15, -0.1) is 0 Å². The second kappa shape index (κ2) is 10.4. The fourth-order valence-corrected chi connectivity index (χ4v) is 5.38. The Balaban J connectivity index is 1.41. The summed E-state index contributed by atoms with van der Waals surface area (Å²) in [5.74, 6) is -1.62. The van der Waals surface area contributed by atoms with Crippen LogP contribution in [0.2, 0.25) is 0 Å². The first-order chi connectivity index (χ1) is 17.8. The zero-order chi connectivity index (χ0) is 26.1. The topological polar surface area (TPSA) is 71.4 Å². The molecule has 1 aromatic heterocycles. The van der Waals surface area contributed by atoms with Crippen LogP contribution in [0.15, 0.2) is 82.2 Å². The van der Waals surface area contributed by atoms with Gasteiger partial charge in [-0.05, 0) is 66.7 Å². The molecule has 1 N–H and O–H groups in total. The Morgan fingerprint density at radius 3 is 2.57 bits per heavy atom. The molecule has 0 unspecified atom stereocenters. The molecule has 1 saturated heterocycles. The highest BCUT2D eigenvalue weighted by Crippen LogP contribution is 2.36. The van der Waals surface area contributed by atoms with E-state index in [0.717, 1.165) is 48.9 Å². The zero-order valence-electron chi connectivity index (χ0n) is 19.7. The SMILES string of the molecule is Cc1c(/C=C2/SC(=O)N(CC(=O)Nc3cccc(F)c3)C2=O)c2ccccc2n1Cc1ccc(Br)cc1. The Bertz CT molecular complexity index is 1580.